The molecule has 2 aromatic carbocycles. The summed E-state index contributed by atoms with van der Waals surface area (Å²) in [5.74, 6) is -1.94. The number of nitrogens with zero attached hydrogens (tertiary/aromatic N) is 1. The van der Waals surface area contributed by atoms with Crippen molar-refractivity contribution in [3.05, 3.63) is 48.0 Å². The third-order valence-corrected chi connectivity index (χ3v) is 4.20. The van der Waals surface area contributed by atoms with Crippen molar-refractivity contribution in [3.63, 3.8) is 0 Å². The summed E-state index contributed by atoms with van der Waals surface area (Å²) in [4.78, 5) is 48.5. The SMILES string of the molecule is CC(=O)Nc1ccc(NC(=O)CN2C(=O)C(C)Oc3ccc(C(=O)O)cc32)cc1. The average Bonchev–Trinajstić information content (AvgIpc) is 2.66. The second-order valence-corrected chi connectivity index (χ2v) is 6.48. The van der Waals surface area contributed by atoms with Gasteiger partial charge in [0.2, 0.25) is 11.8 Å². The summed E-state index contributed by atoms with van der Waals surface area (Å²) < 4.78 is 5.50. The Hall–Kier alpha value is -3.88. The van der Waals surface area contributed by atoms with Gasteiger partial charge in [-0.2, -0.15) is 0 Å². The molecule has 0 fully saturated rings. The van der Waals surface area contributed by atoms with Gasteiger partial charge in [-0.3, -0.25) is 19.3 Å². The number of ether oxygens (including phenoxy) is 1. The van der Waals surface area contributed by atoms with Crippen molar-refractivity contribution in [2.75, 3.05) is 22.1 Å². The molecule has 0 radical (unpaired) electrons. The lowest BCUT2D eigenvalue weighted by atomic mass is 10.1. The van der Waals surface area contributed by atoms with Crippen molar-refractivity contribution >= 4 is 40.8 Å². The zero-order valence-electron chi connectivity index (χ0n) is 15.8. The molecule has 0 bridgehead atoms. The molecule has 2 aromatic rings. The van der Waals surface area contributed by atoms with Gasteiger partial charge in [-0.25, -0.2) is 4.79 Å². The molecule has 150 valence electrons. The second kappa shape index (κ2) is 8.01. The van der Waals surface area contributed by atoms with Gasteiger partial charge in [-0.05, 0) is 49.4 Å². The molecule has 0 spiro atoms. The fourth-order valence-electron chi connectivity index (χ4n) is 2.89. The Kier molecular flexibility index (Phi) is 5.49. The number of carbonyl (C=O) groups is 4. The van der Waals surface area contributed by atoms with E-state index in [2.05, 4.69) is 10.6 Å². The van der Waals surface area contributed by atoms with Crippen LogP contribution in [0.25, 0.3) is 0 Å². The van der Waals surface area contributed by atoms with Crippen molar-refractivity contribution in [1.82, 2.24) is 0 Å². The van der Waals surface area contributed by atoms with E-state index in [-0.39, 0.29) is 23.7 Å². The summed E-state index contributed by atoms with van der Waals surface area (Å²) in [7, 11) is 0. The van der Waals surface area contributed by atoms with E-state index in [1.165, 1.54) is 30.0 Å². The minimum atomic E-state index is -1.15. The van der Waals surface area contributed by atoms with Crippen molar-refractivity contribution in [2.24, 2.45) is 0 Å². The smallest absolute Gasteiger partial charge is 0.335 e. The van der Waals surface area contributed by atoms with Gasteiger partial charge >= 0.3 is 5.97 Å². The number of aromatic carboxylic acids is 1. The molecule has 1 aliphatic heterocycles. The first kappa shape index (κ1) is 19.9. The highest BCUT2D eigenvalue weighted by Crippen LogP contribution is 2.35. The lowest BCUT2D eigenvalue weighted by Crippen LogP contribution is -2.47. The van der Waals surface area contributed by atoms with Crippen LogP contribution in [0.2, 0.25) is 0 Å². The Bertz CT molecular complexity index is 986. The maximum absolute atomic E-state index is 12.5. The predicted molar refractivity (Wildman–Crippen MR) is 105 cm³/mol. The van der Waals surface area contributed by atoms with E-state index in [4.69, 9.17) is 4.74 Å². The number of hydrogen-bond donors (Lipinski definition) is 3. The lowest BCUT2D eigenvalue weighted by Gasteiger charge is -2.32. The number of anilines is 3. The number of rotatable bonds is 5. The molecule has 9 heteroatoms. The Morgan fingerprint density at radius 2 is 1.69 bits per heavy atom. The van der Waals surface area contributed by atoms with Crippen LogP contribution in [0.15, 0.2) is 42.5 Å². The van der Waals surface area contributed by atoms with E-state index in [0.717, 1.165) is 0 Å². The third-order valence-electron chi connectivity index (χ3n) is 4.20. The molecule has 3 rings (SSSR count). The normalized spacial score (nSPS) is 15.2. The Morgan fingerprint density at radius 1 is 1.07 bits per heavy atom. The van der Waals surface area contributed by atoms with Crippen molar-refractivity contribution in [1.29, 1.82) is 0 Å². The first-order valence-electron chi connectivity index (χ1n) is 8.77. The molecule has 0 aromatic heterocycles. The largest absolute Gasteiger partial charge is 0.479 e. The topological polar surface area (TPSA) is 125 Å². The number of hydrogen-bond acceptors (Lipinski definition) is 5. The van der Waals surface area contributed by atoms with Crippen LogP contribution in [-0.2, 0) is 14.4 Å². The zero-order chi connectivity index (χ0) is 21.1. The lowest BCUT2D eigenvalue weighted by molar-refractivity contribution is -0.127. The minimum absolute atomic E-state index is 0.0197. The quantitative estimate of drug-likeness (QED) is 0.710. The highest BCUT2D eigenvalue weighted by Gasteiger charge is 2.33. The number of fused-ring (bicyclic) bond motifs is 1. The van der Waals surface area contributed by atoms with Gasteiger partial charge in [0.15, 0.2) is 6.10 Å². The maximum atomic E-state index is 12.5. The molecule has 1 aliphatic rings. The van der Waals surface area contributed by atoms with E-state index in [1.807, 2.05) is 0 Å². The molecular weight excluding hydrogens is 378 g/mol. The van der Waals surface area contributed by atoms with Gasteiger partial charge in [0.1, 0.15) is 12.3 Å². The predicted octanol–water partition coefficient (Wildman–Crippen LogP) is 2.10. The number of nitrogens with one attached hydrogen (secondary N) is 2. The average molecular weight is 397 g/mol. The molecule has 3 amide bonds. The van der Waals surface area contributed by atoms with E-state index < -0.39 is 23.9 Å². The van der Waals surface area contributed by atoms with E-state index in [0.29, 0.717) is 17.1 Å². The van der Waals surface area contributed by atoms with Crippen LogP contribution in [0, 0.1) is 0 Å². The second-order valence-electron chi connectivity index (χ2n) is 6.48. The van der Waals surface area contributed by atoms with Gasteiger partial charge in [0.25, 0.3) is 5.91 Å². The molecule has 1 atom stereocenters. The van der Waals surface area contributed by atoms with Gasteiger partial charge in [0.05, 0.1) is 11.3 Å². The van der Waals surface area contributed by atoms with Crippen LogP contribution >= 0.6 is 0 Å². The monoisotopic (exact) mass is 397 g/mol. The standard InChI is InChI=1S/C20H19N3O6/c1-11-19(26)23(16-9-13(20(27)28)3-8-17(16)29-11)10-18(25)22-15-6-4-14(5-7-15)21-12(2)24/h3-9,11H,10H2,1-2H3,(H,21,24)(H,22,25)(H,27,28). The number of amides is 3. The highest BCUT2D eigenvalue weighted by molar-refractivity contribution is 6.07. The molecule has 9 nitrogen and oxygen atoms in total. The van der Waals surface area contributed by atoms with E-state index in [1.54, 1.807) is 31.2 Å². The minimum Gasteiger partial charge on any atom is -0.479 e. The Morgan fingerprint density at radius 3 is 2.28 bits per heavy atom. The molecular formula is C20H19N3O6. The number of carboxylic acid groups (broad SMARTS) is 1. The van der Waals surface area contributed by atoms with Gasteiger partial charge < -0.3 is 20.5 Å². The van der Waals surface area contributed by atoms with Crippen LogP contribution < -0.4 is 20.3 Å². The fourth-order valence-corrected chi connectivity index (χ4v) is 2.89. The Labute approximate surface area is 166 Å². The van der Waals surface area contributed by atoms with Gasteiger partial charge in [-0.1, -0.05) is 0 Å². The van der Waals surface area contributed by atoms with Crippen LogP contribution in [0.5, 0.6) is 5.75 Å². The Balaban J connectivity index is 1.77. The molecule has 0 saturated carbocycles. The highest BCUT2D eigenvalue weighted by atomic mass is 16.5. The summed E-state index contributed by atoms with van der Waals surface area (Å²) in [6.07, 6.45) is -0.803. The van der Waals surface area contributed by atoms with Gasteiger partial charge in [-0.15, -0.1) is 0 Å². The molecule has 1 heterocycles. The molecule has 3 N–H and O–H groups in total. The maximum Gasteiger partial charge on any atom is 0.335 e. The zero-order valence-corrected chi connectivity index (χ0v) is 15.8. The van der Waals surface area contributed by atoms with Crippen molar-refractivity contribution in [2.45, 2.75) is 20.0 Å². The molecule has 1 unspecified atom stereocenters. The van der Waals surface area contributed by atoms with Crippen LogP contribution in [-0.4, -0.2) is 41.4 Å². The number of carboxylic acids is 1. The summed E-state index contributed by atoms with van der Waals surface area (Å²) in [6, 6.07) is 10.6. The van der Waals surface area contributed by atoms with Crippen molar-refractivity contribution in [3.8, 4) is 5.75 Å². The molecule has 0 saturated heterocycles. The van der Waals surface area contributed by atoms with Crippen LogP contribution in [0.4, 0.5) is 17.1 Å². The first-order chi connectivity index (χ1) is 13.7. The third kappa shape index (κ3) is 4.52. The van der Waals surface area contributed by atoms with E-state index >= 15 is 0 Å². The number of carbonyl (C=O) groups excluding carboxylic acids is 3. The van der Waals surface area contributed by atoms with Crippen LogP contribution in [0.1, 0.15) is 24.2 Å². The van der Waals surface area contributed by atoms with Gasteiger partial charge in [0, 0.05) is 18.3 Å². The van der Waals surface area contributed by atoms with Crippen LogP contribution in [0.3, 0.4) is 0 Å². The first-order valence-corrected chi connectivity index (χ1v) is 8.77. The van der Waals surface area contributed by atoms with E-state index in [9.17, 15) is 24.3 Å². The fraction of sp³-hybridized carbons (Fsp3) is 0.200. The summed E-state index contributed by atoms with van der Waals surface area (Å²) in [5, 5.41) is 14.5. The van der Waals surface area contributed by atoms with Crippen molar-refractivity contribution < 1.29 is 29.0 Å². The summed E-state index contributed by atoms with van der Waals surface area (Å²) in [5.41, 5.74) is 1.28. The molecule has 29 heavy (non-hydrogen) atoms. The number of benzene rings is 2. The summed E-state index contributed by atoms with van der Waals surface area (Å²) >= 11 is 0. The summed E-state index contributed by atoms with van der Waals surface area (Å²) in [6.45, 7) is 2.64. The molecule has 0 aliphatic carbocycles.